The number of benzene rings is 6. The Kier molecular flexibility index (Phi) is 17.2. The molecule has 0 aliphatic heterocycles. The molecule has 0 unspecified atom stereocenters. The van der Waals surface area contributed by atoms with Crippen LogP contribution in [-0.4, -0.2) is 3.21 Å². The van der Waals surface area contributed by atoms with E-state index in [0.29, 0.717) is 11.8 Å². The van der Waals surface area contributed by atoms with Gasteiger partial charge in [-0.05, 0) is 44.2 Å². The fraction of sp³-hybridized carbons (Fsp3) is 0.263. The van der Waals surface area contributed by atoms with Gasteiger partial charge in [0.05, 0.1) is 0 Å². The Morgan fingerprint density at radius 3 is 1.22 bits per heavy atom. The first-order chi connectivity index (χ1) is 27.6. The van der Waals surface area contributed by atoms with Gasteiger partial charge in [0.15, 0.2) is 0 Å². The van der Waals surface area contributed by atoms with Crippen LogP contribution >= 0.6 is 0 Å². The second kappa shape index (κ2) is 21.2. The van der Waals surface area contributed by atoms with Gasteiger partial charge in [0, 0.05) is 0 Å². The largest absolute Gasteiger partial charge is 1.00 e. The minimum absolute atomic E-state index is 0. The minimum Gasteiger partial charge on any atom is -1.00 e. The molecule has 1 aliphatic rings. The number of allylic oxidation sites excluding steroid dienone is 4. The molecule has 7 aromatic rings. The average Bonchev–Trinajstić information content (AvgIpc) is 3.92. The Labute approximate surface area is 388 Å². The van der Waals surface area contributed by atoms with E-state index in [9.17, 15) is 0 Å². The van der Waals surface area contributed by atoms with Crippen LogP contribution in [0.25, 0.3) is 43.8 Å². The Morgan fingerprint density at radius 1 is 0.550 bits per heavy atom. The molecule has 0 spiro atoms. The van der Waals surface area contributed by atoms with Gasteiger partial charge in [-0.15, -0.1) is 46.2 Å². The molecule has 7 aromatic carbocycles. The molecule has 1 aliphatic carbocycles. The van der Waals surface area contributed by atoms with Crippen molar-refractivity contribution in [3.63, 3.8) is 0 Å². The van der Waals surface area contributed by atoms with Crippen LogP contribution in [0.5, 0.6) is 0 Å². The van der Waals surface area contributed by atoms with E-state index in [1.54, 1.807) is 0 Å². The van der Waals surface area contributed by atoms with Crippen LogP contribution in [0.1, 0.15) is 121 Å². The molecule has 60 heavy (non-hydrogen) atoms. The standard InChI is InChI=1S/C33H33.C19H22.C5H5.2ClH.Zr/c1-32(2,3)30-20-26-24(18-28(30)22-13-9-7-10-14-22)17-25-19-29(23-15-11-8-12-16-23)31(21-27(25)26)33(4,5)6;1-14(2)18-9-5-16(6-10-18)13-17-7-11-19(12-8-17)15(3)4;1-2-4-5-3-1;;;/h7-21H,1-6H3;5-12,14-15H,1-4H3;1-3H,4H2;2*1H;/q-1;;-1;;;+2/p-2. The summed E-state index contributed by atoms with van der Waals surface area (Å²) in [6.45, 7) is 22.9. The maximum absolute atomic E-state index is 2.99. The van der Waals surface area contributed by atoms with Crippen LogP contribution in [-0.2, 0) is 35.1 Å². The molecule has 0 aromatic heterocycles. The quantitative estimate of drug-likeness (QED) is 0.146. The molecule has 0 heterocycles. The molecule has 0 saturated heterocycles. The second-order valence-corrected chi connectivity index (χ2v) is 19.5. The Hall–Kier alpha value is -4.00. The smallest absolute Gasteiger partial charge is 0.109 e. The minimum atomic E-state index is 0. The van der Waals surface area contributed by atoms with Gasteiger partial charge in [0.25, 0.3) is 0 Å². The summed E-state index contributed by atoms with van der Waals surface area (Å²) in [6, 6.07) is 51.8. The van der Waals surface area contributed by atoms with E-state index in [0.717, 1.165) is 6.42 Å². The molecular weight excluding hydrogens is 847 g/mol. The number of fused-ring (bicyclic) bond motifs is 3. The van der Waals surface area contributed by atoms with Crippen LogP contribution in [0, 0.1) is 6.08 Å². The van der Waals surface area contributed by atoms with Crippen molar-refractivity contribution in [2.24, 2.45) is 0 Å². The second-order valence-electron chi connectivity index (χ2n) is 18.3. The molecule has 3 heteroatoms. The SMILES string of the molecule is CC(C)(C)c1cc2c(cc1-c1ccccc1)[cH-]c1cc(-c3ccccc3)c(C(C)(C)C)cc12.CC(C)c1ccc([C](=[Zr+2])c2ccc(C(C)C)cc2)cc1.[C-]1=CC=CC1.[Cl-].[Cl-]. The summed E-state index contributed by atoms with van der Waals surface area (Å²) < 4.78 is 1.43. The van der Waals surface area contributed by atoms with Crippen molar-refractivity contribution in [1.82, 2.24) is 0 Å². The van der Waals surface area contributed by atoms with E-state index in [-0.39, 0.29) is 35.6 Å². The average molecular weight is 907 g/mol. The van der Waals surface area contributed by atoms with Gasteiger partial charge in [0.1, 0.15) is 0 Å². The summed E-state index contributed by atoms with van der Waals surface area (Å²) in [5, 5.41) is 5.36. The molecule has 0 radical (unpaired) electrons. The first kappa shape index (κ1) is 48.7. The summed E-state index contributed by atoms with van der Waals surface area (Å²) in [6.07, 6.45) is 10.0. The first-order valence-corrected chi connectivity index (χ1v) is 22.2. The van der Waals surface area contributed by atoms with Crippen molar-refractivity contribution >= 4 is 24.8 Å². The summed E-state index contributed by atoms with van der Waals surface area (Å²) in [5.41, 5.74) is 13.7. The number of halogens is 2. The van der Waals surface area contributed by atoms with Gasteiger partial charge < -0.3 is 24.8 Å². The van der Waals surface area contributed by atoms with Gasteiger partial charge >= 0.3 is 138 Å². The van der Waals surface area contributed by atoms with Crippen molar-refractivity contribution in [2.45, 2.75) is 98.3 Å². The number of hydrogen-bond donors (Lipinski definition) is 0. The third-order valence-electron chi connectivity index (χ3n) is 11.1. The van der Waals surface area contributed by atoms with Gasteiger partial charge in [-0.25, -0.2) is 12.2 Å². The van der Waals surface area contributed by atoms with E-state index >= 15 is 0 Å². The maximum Gasteiger partial charge on any atom is -0.109 e. The fourth-order valence-electron chi connectivity index (χ4n) is 7.64. The van der Waals surface area contributed by atoms with Crippen molar-refractivity contribution < 1.29 is 49.0 Å². The molecule has 0 saturated carbocycles. The molecule has 0 N–H and O–H groups in total. The molecule has 0 atom stereocenters. The predicted octanol–water partition coefficient (Wildman–Crippen LogP) is 10.0. The first-order valence-electron chi connectivity index (χ1n) is 21.0. The van der Waals surface area contributed by atoms with Gasteiger partial charge in [-0.3, -0.25) is 6.08 Å². The normalized spacial score (nSPS) is 12.1. The summed E-state index contributed by atoms with van der Waals surface area (Å²) in [5.74, 6) is 1.20. The van der Waals surface area contributed by atoms with E-state index in [1.165, 1.54) is 105 Å². The zero-order valence-electron chi connectivity index (χ0n) is 37.1. The van der Waals surface area contributed by atoms with E-state index in [4.69, 9.17) is 0 Å². The van der Waals surface area contributed by atoms with Gasteiger partial charge in [0.2, 0.25) is 0 Å². The molecular formula is C57H60Cl2Zr-2. The summed E-state index contributed by atoms with van der Waals surface area (Å²) >= 11 is 1.47. The molecule has 8 rings (SSSR count). The van der Waals surface area contributed by atoms with Crippen LogP contribution < -0.4 is 24.8 Å². The van der Waals surface area contributed by atoms with Crippen LogP contribution in [0.3, 0.4) is 0 Å². The van der Waals surface area contributed by atoms with Gasteiger partial charge in [-0.1, -0.05) is 114 Å². The molecule has 0 fully saturated rings. The van der Waals surface area contributed by atoms with Crippen molar-refractivity contribution in [2.75, 3.05) is 0 Å². The summed E-state index contributed by atoms with van der Waals surface area (Å²) in [4.78, 5) is 0. The van der Waals surface area contributed by atoms with E-state index in [2.05, 4.69) is 221 Å². The van der Waals surface area contributed by atoms with Crippen LogP contribution in [0.15, 0.2) is 158 Å². The zero-order chi connectivity index (χ0) is 41.6. The van der Waals surface area contributed by atoms with Crippen molar-refractivity contribution in [3.05, 3.63) is 197 Å². The Morgan fingerprint density at radius 2 is 0.933 bits per heavy atom. The molecule has 0 amide bonds. The third-order valence-corrected chi connectivity index (χ3v) is 12.5. The molecule has 0 bridgehead atoms. The predicted molar refractivity (Wildman–Crippen MR) is 251 cm³/mol. The van der Waals surface area contributed by atoms with Crippen molar-refractivity contribution in [3.8, 4) is 22.3 Å². The topological polar surface area (TPSA) is 0 Å². The van der Waals surface area contributed by atoms with Gasteiger partial charge in [-0.2, -0.15) is 6.08 Å². The van der Waals surface area contributed by atoms with E-state index < -0.39 is 0 Å². The van der Waals surface area contributed by atoms with Crippen LogP contribution in [0.2, 0.25) is 0 Å². The Bertz CT molecular complexity index is 2340. The number of hydrogen-bond acceptors (Lipinski definition) is 0. The zero-order valence-corrected chi connectivity index (χ0v) is 41.1. The van der Waals surface area contributed by atoms with Crippen LogP contribution in [0.4, 0.5) is 0 Å². The van der Waals surface area contributed by atoms with Crippen molar-refractivity contribution in [1.29, 1.82) is 0 Å². The Balaban J connectivity index is 0.000000250. The molecule has 308 valence electrons. The monoisotopic (exact) mass is 904 g/mol. The van der Waals surface area contributed by atoms with E-state index in [1.807, 2.05) is 12.2 Å². The number of rotatable bonds is 6. The third kappa shape index (κ3) is 11.9. The fourth-order valence-corrected chi connectivity index (χ4v) is 8.46. The maximum atomic E-state index is 2.99. The molecule has 0 nitrogen and oxygen atoms in total. The summed E-state index contributed by atoms with van der Waals surface area (Å²) in [7, 11) is 0.